The van der Waals surface area contributed by atoms with Crippen LogP contribution < -0.4 is 5.32 Å². The number of hydrogen-bond donors (Lipinski definition) is 1. The predicted octanol–water partition coefficient (Wildman–Crippen LogP) is 2.20. The van der Waals surface area contributed by atoms with Gasteiger partial charge >= 0.3 is 5.97 Å². The Morgan fingerprint density at radius 1 is 1.26 bits per heavy atom. The summed E-state index contributed by atoms with van der Waals surface area (Å²) in [5, 5.41) is 2.72. The second-order valence-corrected chi connectivity index (χ2v) is 6.67. The molecule has 1 fully saturated rings. The van der Waals surface area contributed by atoms with Gasteiger partial charge < -0.3 is 10.1 Å². The van der Waals surface area contributed by atoms with Gasteiger partial charge in [-0.05, 0) is 25.0 Å². The lowest BCUT2D eigenvalue weighted by molar-refractivity contribution is -0.140. The topological polar surface area (TPSA) is 72.5 Å². The molecule has 0 unspecified atom stereocenters. The van der Waals surface area contributed by atoms with E-state index in [1.54, 1.807) is 36.0 Å². The molecule has 23 heavy (non-hydrogen) atoms. The molecule has 6 heteroatoms. The zero-order valence-corrected chi connectivity index (χ0v) is 13.9. The van der Waals surface area contributed by atoms with Crippen LogP contribution in [0.3, 0.4) is 0 Å². The molecule has 0 spiro atoms. The number of esters is 1. The highest BCUT2D eigenvalue weighted by Crippen LogP contribution is 2.28. The largest absolute Gasteiger partial charge is 0.469 e. The van der Waals surface area contributed by atoms with Gasteiger partial charge in [-0.25, -0.2) is 0 Å². The Hall–Kier alpha value is -1.82. The number of benzene rings is 1. The van der Waals surface area contributed by atoms with Crippen LogP contribution in [0.15, 0.2) is 30.3 Å². The summed E-state index contributed by atoms with van der Waals surface area (Å²) in [6.45, 7) is 0. The van der Waals surface area contributed by atoms with Gasteiger partial charge in [-0.15, -0.1) is 11.8 Å². The summed E-state index contributed by atoms with van der Waals surface area (Å²) < 4.78 is 4.59. The zero-order valence-electron chi connectivity index (χ0n) is 13.1. The van der Waals surface area contributed by atoms with Gasteiger partial charge in [0.1, 0.15) is 0 Å². The van der Waals surface area contributed by atoms with E-state index in [1.165, 1.54) is 7.11 Å². The van der Waals surface area contributed by atoms with E-state index >= 15 is 0 Å². The molecule has 1 heterocycles. The Labute approximate surface area is 140 Å². The number of carbonyl (C=O) groups is 3. The van der Waals surface area contributed by atoms with E-state index in [-0.39, 0.29) is 22.9 Å². The SMILES string of the molecule is COC(=O)CCCC[C@@H]1SC[C@@H](NC(=O)c2ccccc2)C1=O. The Kier molecular flexibility index (Phi) is 6.65. The first kappa shape index (κ1) is 17.5. The van der Waals surface area contributed by atoms with Crippen LogP contribution in [0.4, 0.5) is 0 Å². The molecule has 2 rings (SSSR count). The number of unbranched alkanes of at least 4 members (excludes halogenated alkanes) is 1. The molecule has 1 amide bonds. The third kappa shape index (κ3) is 5.10. The van der Waals surface area contributed by atoms with Crippen molar-refractivity contribution in [1.82, 2.24) is 5.32 Å². The Bertz CT molecular complexity index is 561. The van der Waals surface area contributed by atoms with Crippen LogP contribution >= 0.6 is 11.8 Å². The summed E-state index contributed by atoms with van der Waals surface area (Å²) in [5.74, 6) is 0.260. The molecule has 1 N–H and O–H groups in total. The quantitative estimate of drug-likeness (QED) is 0.611. The summed E-state index contributed by atoms with van der Waals surface area (Å²) in [5.41, 5.74) is 0.562. The number of carbonyl (C=O) groups excluding carboxylic acids is 3. The maximum absolute atomic E-state index is 12.3. The van der Waals surface area contributed by atoms with Gasteiger partial charge in [-0.1, -0.05) is 24.6 Å². The van der Waals surface area contributed by atoms with E-state index in [2.05, 4.69) is 10.1 Å². The summed E-state index contributed by atoms with van der Waals surface area (Å²) in [6, 6.07) is 8.48. The van der Waals surface area contributed by atoms with Crippen molar-refractivity contribution in [2.45, 2.75) is 37.0 Å². The number of amides is 1. The molecule has 1 aliphatic rings. The standard InChI is InChI=1S/C17H21NO4S/c1-22-15(19)10-6-5-9-14-16(20)13(11-23-14)18-17(21)12-7-3-2-4-8-12/h2-4,7-8,13-14H,5-6,9-11H2,1H3,(H,18,21)/t13-,14+/m1/s1. The number of thioether (sulfide) groups is 1. The minimum Gasteiger partial charge on any atom is -0.469 e. The molecule has 1 aliphatic heterocycles. The van der Waals surface area contributed by atoms with Crippen LogP contribution in [0.1, 0.15) is 36.0 Å². The maximum atomic E-state index is 12.3. The van der Waals surface area contributed by atoms with E-state index in [1.807, 2.05) is 6.07 Å². The molecule has 0 saturated carbocycles. The first-order chi connectivity index (χ1) is 11.1. The smallest absolute Gasteiger partial charge is 0.305 e. The predicted molar refractivity (Wildman–Crippen MR) is 89.4 cm³/mol. The van der Waals surface area contributed by atoms with Gasteiger partial charge in [0.05, 0.1) is 18.4 Å². The van der Waals surface area contributed by atoms with E-state index in [0.29, 0.717) is 17.7 Å². The molecule has 124 valence electrons. The fraction of sp³-hybridized carbons (Fsp3) is 0.471. The van der Waals surface area contributed by atoms with Gasteiger partial charge in [0, 0.05) is 17.7 Å². The van der Waals surface area contributed by atoms with Crippen molar-refractivity contribution in [3.05, 3.63) is 35.9 Å². The maximum Gasteiger partial charge on any atom is 0.305 e. The average molecular weight is 335 g/mol. The number of hydrogen-bond acceptors (Lipinski definition) is 5. The number of ketones is 1. The monoisotopic (exact) mass is 335 g/mol. The van der Waals surface area contributed by atoms with E-state index in [0.717, 1.165) is 19.3 Å². The van der Waals surface area contributed by atoms with Crippen LogP contribution in [-0.2, 0) is 14.3 Å². The third-order valence-corrected chi connectivity index (χ3v) is 5.19. The minimum absolute atomic E-state index is 0.0809. The normalized spacial score (nSPS) is 20.3. The van der Waals surface area contributed by atoms with E-state index < -0.39 is 6.04 Å². The van der Waals surface area contributed by atoms with Crippen LogP contribution in [0.2, 0.25) is 0 Å². The lowest BCUT2D eigenvalue weighted by Crippen LogP contribution is -2.41. The number of ether oxygens (including phenoxy) is 1. The van der Waals surface area contributed by atoms with Crippen molar-refractivity contribution < 1.29 is 19.1 Å². The molecule has 1 aromatic carbocycles. The summed E-state index contributed by atoms with van der Waals surface area (Å²) in [6.07, 6.45) is 2.64. The zero-order chi connectivity index (χ0) is 16.7. The summed E-state index contributed by atoms with van der Waals surface area (Å²) in [4.78, 5) is 35.5. The average Bonchev–Trinajstić information content (AvgIpc) is 2.92. The summed E-state index contributed by atoms with van der Waals surface area (Å²) >= 11 is 1.58. The molecule has 0 radical (unpaired) electrons. The highest BCUT2D eigenvalue weighted by Gasteiger charge is 2.35. The molecule has 1 aromatic rings. The highest BCUT2D eigenvalue weighted by atomic mass is 32.2. The van der Waals surface area contributed by atoms with Gasteiger partial charge in [0.25, 0.3) is 5.91 Å². The molecular weight excluding hydrogens is 314 g/mol. The van der Waals surface area contributed by atoms with E-state index in [9.17, 15) is 14.4 Å². The second kappa shape index (κ2) is 8.72. The fourth-order valence-electron chi connectivity index (χ4n) is 2.47. The number of rotatable bonds is 7. The molecule has 0 aliphatic carbocycles. The first-order valence-electron chi connectivity index (χ1n) is 7.70. The van der Waals surface area contributed by atoms with Crippen molar-refractivity contribution in [2.75, 3.05) is 12.9 Å². The van der Waals surface area contributed by atoms with Gasteiger partial charge in [0.15, 0.2) is 5.78 Å². The fourth-order valence-corrected chi connectivity index (χ4v) is 3.81. The van der Waals surface area contributed by atoms with Crippen LogP contribution in [0, 0.1) is 0 Å². The van der Waals surface area contributed by atoms with Crippen molar-refractivity contribution >= 4 is 29.4 Å². The third-order valence-electron chi connectivity index (χ3n) is 3.79. The number of methoxy groups -OCH3 is 1. The summed E-state index contributed by atoms with van der Waals surface area (Å²) in [7, 11) is 1.37. The first-order valence-corrected chi connectivity index (χ1v) is 8.74. The Balaban J connectivity index is 1.75. The molecule has 1 saturated heterocycles. The van der Waals surface area contributed by atoms with Gasteiger partial charge in [-0.2, -0.15) is 0 Å². The number of Topliss-reactive ketones (excluding diaryl/α,β-unsaturated/α-hetero) is 1. The van der Waals surface area contributed by atoms with Gasteiger partial charge in [-0.3, -0.25) is 14.4 Å². The second-order valence-electron chi connectivity index (χ2n) is 5.44. The molecular formula is C17H21NO4S. The van der Waals surface area contributed by atoms with Crippen molar-refractivity contribution in [3.63, 3.8) is 0 Å². The van der Waals surface area contributed by atoms with Crippen molar-refractivity contribution in [1.29, 1.82) is 0 Å². The lowest BCUT2D eigenvalue weighted by Gasteiger charge is -2.11. The van der Waals surface area contributed by atoms with Crippen molar-refractivity contribution in [2.24, 2.45) is 0 Å². The highest BCUT2D eigenvalue weighted by molar-refractivity contribution is 8.01. The van der Waals surface area contributed by atoms with Crippen molar-refractivity contribution in [3.8, 4) is 0 Å². The minimum atomic E-state index is -0.418. The Morgan fingerprint density at radius 2 is 2.00 bits per heavy atom. The van der Waals surface area contributed by atoms with Crippen LogP contribution in [0.25, 0.3) is 0 Å². The molecule has 0 aromatic heterocycles. The van der Waals surface area contributed by atoms with E-state index in [4.69, 9.17) is 0 Å². The van der Waals surface area contributed by atoms with Gasteiger partial charge in [0.2, 0.25) is 0 Å². The lowest BCUT2D eigenvalue weighted by atomic mass is 10.1. The molecule has 0 bridgehead atoms. The molecule has 5 nitrogen and oxygen atoms in total. The van der Waals surface area contributed by atoms with Crippen LogP contribution in [-0.4, -0.2) is 41.8 Å². The van der Waals surface area contributed by atoms with Crippen LogP contribution in [0.5, 0.6) is 0 Å². The number of nitrogens with one attached hydrogen (secondary N) is 1. The Morgan fingerprint density at radius 3 is 2.70 bits per heavy atom. The molecule has 2 atom stereocenters.